The fourth-order valence-electron chi connectivity index (χ4n) is 3.88. The summed E-state index contributed by atoms with van der Waals surface area (Å²) in [5, 5.41) is 3.37. The van der Waals surface area contributed by atoms with Gasteiger partial charge in [0.25, 0.3) is 5.91 Å². The number of unbranched alkanes of at least 4 members (excludes halogenated alkanes) is 1. The third kappa shape index (κ3) is 5.83. The van der Waals surface area contributed by atoms with Crippen LogP contribution in [0.1, 0.15) is 77.1 Å². The molecular formula is C24H32N2O5S2. The molecule has 3 rings (SSSR count). The number of esters is 1. The Bertz CT molecular complexity index is 1090. The monoisotopic (exact) mass is 492 g/mol. The van der Waals surface area contributed by atoms with Crippen LogP contribution in [0, 0.1) is 0 Å². The van der Waals surface area contributed by atoms with Gasteiger partial charge in [0.15, 0.2) is 0 Å². The van der Waals surface area contributed by atoms with Crippen molar-refractivity contribution in [3.05, 3.63) is 45.8 Å². The molecular weight excluding hydrogens is 460 g/mol. The lowest BCUT2D eigenvalue weighted by Crippen LogP contribution is -2.28. The maximum atomic E-state index is 12.9. The van der Waals surface area contributed by atoms with Crippen molar-refractivity contribution in [1.82, 2.24) is 4.31 Å². The highest BCUT2D eigenvalue weighted by Gasteiger charge is 2.27. The highest BCUT2D eigenvalue weighted by Crippen LogP contribution is 2.38. The topological polar surface area (TPSA) is 92.8 Å². The van der Waals surface area contributed by atoms with E-state index in [1.165, 1.54) is 39.9 Å². The fraction of sp³-hybridized carbons (Fsp3) is 0.500. The molecule has 1 aliphatic carbocycles. The van der Waals surface area contributed by atoms with Crippen molar-refractivity contribution in [3.8, 4) is 0 Å². The van der Waals surface area contributed by atoms with Gasteiger partial charge >= 0.3 is 5.97 Å². The van der Waals surface area contributed by atoms with Crippen molar-refractivity contribution in [2.24, 2.45) is 0 Å². The Morgan fingerprint density at radius 1 is 1.09 bits per heavy atom. The molecule has 0 saturated heterocycles. The first-order valence-electron chi connectivity index (χ1n) is 11.5. The molecule has 0 saturated carbocycles. The quantitative estimate of drug-likeness (QED) is 0.398. The third-order valence-corrected chi connectivity index (χ3v) is 8.86. The van der Waals surface area contributed by atoms with Crippen molar-refractivity contribution < 1.29 is 22.7 Å². The molecule has 0 radical (unpaired) electrons. The number of rotatable bonds is 9. The van der Waals surface area contributed by atoms with Gasteiger partial charge in [-0.15, -0.1) is 11.3 Å². The lowest BCUT2D eigenvalue weighted by Gasteiger charge is -2.17. The minimum Gasteiger partial charge on any atom is -0.462 e. The smallest absolute Gasteiger partial charge is 0.341 e. The van der Waals surface area contributed by atoms with Crippen LogP contribution >= 0.6 is 11.3 Å². The number of aryl methyl sites for hydroxylation is 1. The highest BCUT2D eigenvalue weighted by molar-refractivity contribution is 7.89. The summed E-state index contributed by atoms with van der Waals surface area (Å²) in [5.74, 6) is -0.802. The van der Waals surface area contributed by atoms with Crippen LogP contribution in [0.2, 0.25) is 0 Å². The molecule has 0 unspecified atom stereocenters. The van der Waals surface area contributed by atoms with Gasteiger partial charge in [0.05, 0.1) is 17.1 Å². The second-order valence-corrected chi connectivity index (χ2v) is 11.3. The van der Waals surface area contributed by atoms with Gasteiger partial charge in [-0.05, 0) is 68.9 Å². The second-order valence-electron chi connectivity index (χ2n) is 8.15. The van der Waals surface area contributed by atoms with Gasteiger partial charge in [0.1, 0.15) is 5.00 Å². The number of carbonyl (C=O) groups is 2. The molecule has 1 aromatic carbocycles. The second kappa shape index (κ2) is 11.3. The molecule has 33 heavy (non-hydrogen) atoms. The summed E-state index contributed by atoms with van der Waals surface area (Å²) < 4.78 is 32.0. The summed E-state index contributed by atoms with van der Waals surface area (Å²) in [4.78, 5) is 26.9. The minimum absolute atomic E-state index is 0.146. The molecule has 0 atom stereocenters. The Hall–Kier alpha value is -2.23. The first-order chi connectivity index (χ1) is 15.8. The van der Waals surface area contributed by atoms with E-state index in [0.29, 0.717) is 22.7 Å². The zero-order valence-corrected chi connectivity index (χ0v) is 21.1. The molecule has 7 nitrogen and oxygen atoms in total. The Labute approximate surface area is 200 Å². The average molecular weight is 493 g/mol. The number of nitrogens with zero attached hydrogens (tertiary/aromatic N) is 1. The van der Waals surface area contributed by atoms with Crippen molar-refractivity contribution in [1.29, 1.82) is 0 Å². The first-order valence-corrected chi connectivity index (χ1v) is 13.7. The van der Waals surface area contributed by atoms with Gasteiger partial charge in [-0.25, -0.2) is 17.5 Å². The van der Waals surface area contributed by atoms with Crippen LogP contribution in [0.25, 0.3) is 0 Å². The maximum Gasteiger partial charge on any atom is 0.341 e. The Morgan fingerprint density at radius 3 is 2.45 bits per heavy atom. The number of thiophene rings is 1. The Balaban J connectivity index is 1.82. The molecule has 0 aliphatic heterocycles. The van der Waals surface area contributed by atoms with Crippen LogP contribution in [0.3, 0.4) is 0 Å². The molecule has 0 bridgehead atoms. The summed E-state index contributed by atoms with van der Waals surface area (Å²) in [6, 6.07) is 5.89. The maximum absolute atomic E-state index is 12.9. The molecule has 2 aromatic rings. The summed E-state index contributed by atoms with van der Waals surface area (Å²) in [6.07, 6.45) is 6.56. The van der Waals surface area contributed by atoms with Crippen LogP contribution < -0.4 is 5.32 Å². The molecule has 1 amide bonds. The van der Waals surface area contributed by atoms with E-state index < -0.39 is 16.0 Å². The number of ether oxygens (including phenoxy) is 1. The van der Waals surface area contributed by atoms with Crippen molar-refractivity contribution >= 4 is 38.2 Å². The van der Waals surface area contributed by atoms with Gasteiger partial charge in [0, 0.05) is 24.0 Å². The number of amides is 1. The molecule has 1 aromatic heterocycles. The van der Waals surface area contributed by atoms with E-state index in [2.05, 4.69) is 5.32 Å². The lowest BCUT2D eigenvalue weighted by molar-refractivity contribution is 0.0527. The van der Waals surface area contributed by atoms with Crippen molar-refractivity contribution in [2.45, 2.75) is 63.7 Å². The highest BCUT2D eigenvalue weighted by atomic mass is 32.2. The predicted molar refractivity (Wildman–Crippen MR) is 131 cm³/mol. The van der Waals surface area contributed by atoms with Crippen molar-refractivity contribution in [2.75, 3.05) is 25.5 Å². The number of benzene rings is 1. The lowest BCUT2D eigenvalue weighted by atomic mass is 10.1. The predicted octanol–water partition coefficient (Wildman–Crippen LogP) is 4.87. The normalized spacial score (nSPS) is 13.9. The Kier molecular flexibility index (Phi) is 8.67. The largest absolute Gasteiger partial charge is 0.462 e. The Morgan fingerprint density at radius 2 is 1.79 bits per heavy atom. The van der Waals surface area contributed by atoms with E-state index in [-0.39, 0.29) is 17.4 Å². The van der Waals surface area contributed by atoms with Crippen LogP contribution in [0.5, 0.6) is 0 Å². The minimum atomic E-state index is -3.60. The third-order valence-electron chi connectivity index (χ3n) is 5.78. The number of nitrogens with one attached hydrogen (secondary N) is 1. The zero-order valence-electron chi connectivity index (χ0n) is 19.5. The number of anilines is 1. The summed E-state index contributed by atoms with van der Waals surface area (Å²) >= 11 is 1.44. The zero-order chi connectivity index (χ0) is 24.0. The standard InChI is InChI=1S/C24H32N2O5S2/c1-4-6-16-26(3)33(29,30)18-14-12-17(13-15-18)22(27)25-23-21(24(28)31-5-2)19-10-8-7-9-11-20(19)32-23/h12-15H,4-11,16H2,1-3H3,(H,25,27). The van der Waals surface area contributed by atoms with E-state index in [4.69, 9.17) is 4.74 Å². The molecule has 1 N–H and O–H groups in total. The van der Waals surface area contributed by atoms with Crippen LogP contribution in [-0.2, 0) is 27.6 Å². The first kappa shape index (κ1) is 25.4. The SMILES string of the molecule is CCCCN(C)S(=O)(=O)c1ccc(C(=O)Nc2sc3c(c2C(=O)OCC)CCCCC3)cc1. The van der Waals surface area contributed by atoms with Gasteiger partial charge < -0.3 is 10.1 Å². The van der Waals surface area contributed by atoms with E-state index in [1.54, 1.807) is 14.0 Å². The van der Waals surface area contributed by atoms with E-state index >= 15 is 0 Å². The number of fused-ring (bicyclic) bond motifs is 1. The number of sulfonamides is 1. The van der Waals surface area contributed by atoms with Gasteiger partial charge in [-0.3, -0.25) is 4.79 Å². The van der Waals surface area contributed by atoms with Gasteiger partial charge in [-0.1, -0.05) is 19.8 Å². The number of carbonyl (C=O) groups excluding carboxylic acids is 2. The van der Waals surface area contributed by atoms with E-state index in [1.807, 2.05) is 6.92 Å². The average Bonchev–Trinajstić information content (AvgIpc) is 2.97. The van der Waals surface area contributed by atoms with Crippen LogP contribution in [0.4, 0.5) is 5.00 Å². The summed E-state index contributed by atoms with van der Waals surface area (Å²) in [5.41, 5.74) is 1.77. The molecule has 1 heterocycles. The summed E-state index contributed by atoms with van der Waals surface area (Å²) in [6.45, 7) is 4.48. The fourth-order valence-corrected chi connectivity index (χ4v) is 6.37. The van der Waals surface area contributed by atoms with E-state index in [0.717, 1.165) is 55.4 Å². The van der Waals surface area contributed by atoms with Crippen molar-refractivity contribution in [3.63, 3.8) is 0 Å². The molecule has 1 aliphatic rings. The molecule has 0 spiro atoms. The number of hydrogen-bond acceptors (Lipinski definition) is 6. The number of hydrogen-bond donors (Lipinski definition) is 1. The van der Waals surface area contributed by atoms with Gasteiger partial charge in [0.2, 0.25) is 10.0 Å². The van der Waals surface area contributed by atoms with Gasteiger partial charge in [-0.2, -0.15) is 0 Å². The molecule has 0 fully saturated rings. The van der Waals surface area contributed by atoms with Crippen LogP contribution in [-0.4, -0.2) is 44.8 Å². The van der Waals surface area contributed by atoms with E-state index in [9.17, 15) is 18.0 Å². The molecule has 9 heteroatoms. The molecule has 180 valence electrons. The summed E-state index contributed by atoms with van der Waals surface area (Å²) in [7, 11) is -2.04. The van der Waals surface area contributed by atoms with Crippen LogP contribution in [0.15, 0.2) is 29.2 Å².